The fourth-order valence-electron chi connectivity index (χ4n) is 8.03. The number of para-hydroxylation sites is 1. The van der Waals surface area contributed by atoms with Crippen molar-refractivity contribution in [3.8, 4) is 17.3 Å². The van der Waals surface area contributed by atoms with Crippen LogP contribution in [0.4, 0.5) is 11.4 Å². The van der Waals surface area contributed by atoms with Gasteiger partial charge < -0.3 is 14.5 Å². The average Bonchev–Trinajstić information content (AvgIpc) is 3.70. The summed E-state index contributed by atoms with van der Waals surface area (Å²) in [5.74, 6) is 2.49. The molecule has 0 unspecified atom stereocenters. The standard InChI is InChI=1S/C50H52N4O/c1-32-22-33(2)24-38(23-32)52-30-46(48-34(3)14-13-15-35(48)4)53(31-52)39-25-37(50(8,9)10)26-41(28-39)55-40-18-19-43-42-16-11-12-17-44(42)54(45(43)29-40)47-27-36(20-21-51-47)49(5,6)7/h11-30H,31H2,1-10H3. The van der Waals surface area contributed by atoms with Gasteiger partial charge in [-0.3, -0.25) is 4.57 Å². The van der Waals surface area contributed by atoms with E-state index in [1.165, 1.54) is 61.1 Å². The third kappa shape index (κ3) is 6.89. The molecule has 0 saturated carbocycles. The lowest BCUT2D eigenvalue weighted by Gasteiger charge is -2.29. The molecule has 5 heteroatoms. The largest absolute Gasteiger partial charge is 0.457 e. The summed E-state index contributed by atoms with van der Waals surface area (Å²) in [4.78, 5) is 9.72. The smallest absolute Gasteiger partial charge is 0.137 e. The molecule has 2 aromatic heterocycles. The number of hydrogen-bond acceptors (Lipinski definition) is 4. The van der Waals surface area contributed by atoms with Gasteiger partial charge in [0.05, 0.1) is 23.4 Å². The Balaban J connectivity index is 1.25. The first-order valence-corrected chi connectivity index (χ1v) is 19.4. The molecule has 0 saturated heterocycles. The molecule has 0 aliphatic carbocycles. The lowest BCUT2D eigenvalue weighted by Crippen LogP contribution is -2.27. The highest BCUT2D eigenvalue weighted by atomic mass is 16.5. The van der Waals surface area contributed by atoms with Crippen molar-refractivity contribution in [1.82, 2.24) is 9.55 Å². The molecule has 0 radical (unpaired) electrons. The predicted molar refractivity (Wildman–Crippen MR) is 232 cm³/mol. The van der Waals surface area contributed by atoms with Crippen LogP contribution in [0.2, 0.25) is 0 Å². The van der Waals surface area contributed by atoms with Crippen molar-refractivity contribution in [2.24, 2.45) is 0 Å². The number of aryl methyl sites for hydroxylation is 4. The molecule has 1 aliphatic rings. The molecular weight excluding hydrogens is 673 g/mol. The maximum Gasteiger partial charge on any atom is 0.137 e. The van der Waals surface area contributed by atoms with E-state index >= 15 is 0 Å². The first-order chi connectivity index (χ1) is 26.1. The van der Waals surface area contributed by atoms with E-state index in [-0.39, 0.29) is 10.8 Å². The van der Waals surface area contributed by atoms with Crippen LogP contribution >= 0.6 is 0 Å². The molecule has 5 nitrogen and oxygen atoms in total. The van der Waals surface area contributed by atoms with E-state index < -0.39 is 0 Å². The van der Waals surface area contributed by atoms with E-state index in [9.17, 15) is 0 Å². The van der Waals surface area contributed by atoms with E-state index in [4.69, 9.17) is 9.72 Å². The number of anilines is 2. The van der Waals surface area contributed by atoms with E-state index in [2.05, 4.69) is 199 Å². The second-order valence-electron chi connectivity index (χ2n) is 17.4. The van der Waals surface area contributed by atoms with Gasteiger partial charge in [-0.2, -0.15) is 0 Å². The Morgan fingerprint density at radius 3 is 1.98 bits per heavy atom. The highest BCUT2D eigenvalue weighted by molar-refractivity contribution is 6.09. The topological polar surface area (TPSA) is 33.5 Å². The number of fused-ring (bicyclic) bond motifs is 3. The van der Waals surface area contributed by atoms with Crippen molar-refractivity contribution in [2.45, 2.75) is 80.1 Å². The van der Waals surface area contributed by atoms with Crippen molar-refractivity contribution in [3.05, 3.63) is 161 Å². The molecule has 0 N–H and O–H groups in total. The molecule has 0 amide bonds. The Morgan fingerprint density at radius 1 is 0.582 bits per heavy atom. The predicted octanol–water partition coefficient (Wildman–Crippen LogP) is 13.1. The van der Waals surface area contributed by atoms with E-state index in [0.717, 1.165) is 34.0 Å². The van der Waals surface area contributed by atoms with Gasteiger partial charge in [-0.25, -0.2) is 4.98 Å². The lowest BCUT2D eigenvalue weighted by atomic mass is 9.86. The number of aromatic nitrogens is 2. The zero-order valence-electron chi connectivity index (χ0n) is 34.0. The molecule has 0 bridgehead atoms. The zero-order valence-corrected chi connectivity index (χ0v) is 34.0. The fourth-order valence-corrected chi connectivity index (χ4v) is 8.03. The number of pyridine rings is 1. The summed E-state index contributed by atoms with van der Waals surface area (Å²) in [6.07, 6.45) is 4.25. The molecule has 1 aliphatic heterocycles. The molecule has 0 atom stereocenters. The van der Waals surface area contributed by atoms with Crippen LogP contribution in [0.15, 0.2) is 122 Å². The molecular formula is C50H52N4O. The van der Waals surface area contributed by atoms with Gasteiger partial charge in [0.15, 0.2) is 0 Å². The summed E-state index contributed by atoms with van der Waals surface area (Å²) in [6.45, 7) is 23.0. The summed E-state index contributed by atoms with van der Waals surface area (Å²) >= 11 is 0. The monoisotopic (exact) mass is 724 g/mol. The second-order valence-corrected chi connectivity index (χ2v) is 17.4. The Bertz CT molecular complexity index is 2590. The van der Waals surface area contributed by atoms with Gasteiger partial charge in [0.2, 0.25) is 0 Å². The SMILES string of the molecule is Cc1cc(C)cc(N2C=C(c3c(C)cccc3C)N(c3cc(Oc4ccc5c6ccccc6n(-c6cc(C(C)(C)C)ccn6)c5c4)cc(C(C)(C)C)c3)C2)c1. The highest BCUT2D eigenvalue weighted by Crippen LogP contribution is 2.42. The fraction of sp³-hybridized carbons (Fsp3) is 0.260. The van der Waals surface area contributed by atoms with Crippen LogP contribution in [0.3, 0.4) is 0 Å². The van der Waals surface area contributed by atoms with Crippen molar-refractivity contribution < 1.29 is 4.74 Å². The average molecular weight is 725 g/mol. The maximum absolute atomic E-state index is 6.93. The second kappa shape index (κ2) is 13.5. The van der Waals surface area contributed by atoms with Crippen LogP contribution < -0.4 is 14.5 Å². The molecule has 0 spiro atoms. The van der Waals surface area contributed by atoms with Gasteiger partial charge in [0.1, 0.15) is 17.3 Å². The zero-order chi connectivity index (χ0) is 38.8. The molecule has 0 fully saturated rings. The summed E-state index contributed by atoms with van der Waals surface area (Å²) in [7, 11) is 0. The molecule has 3 heterocycles. The normalized spacial score (nSPS) is 13.6. The van der Waals surface area contributed by atoms with Crippen molar-refractivity contribution in [3.63, 3.8) is 0 Å². The van der Waals surface area contributed by atoms with Gasteiger partial charge in [0.25, 0.3) is 0 Å². The first kappa shape index (κ1) is 36.2. The molecule has 7 aromatic rings. The van der Waals surface area contributed by atoms with Crippen LogP contribution in [0.1, 0.15) is 80.5 Å². The molecule has 8 rings (SSSR count). The first-order valence-electron chi connectivity index (χ1n) is 19.4. The van der Waals surface area contributed by atoms with Crippen LogP contribution in [0.25, 0.3) is 33.3 Å². The van der Waals surface area contributed by atoms with E-state index in [1.54, 1.807) is 0 Å². The molecule has 278 valence electrons. The summed E-state index contributed by atoms with van der Waals surface area (Å²) < 4.78 is 9.20. The van der Waals surface area contributed by atoms with E-state index in [1.807, 2.05) is 6.20 Å². The van der Waals surface area contributed by atoms with Crippen LogP contribution in [0.5, 0.6) is 11.5 Å². The Labute approximate surface area is 326 Å². The van der Waals surface area contributed by atoms with Gasteiger partial charge >= 0.3 is 0 Å². The molecule has 5 aromatic carbocycles. The Hall–Kier alpha value is -5.81. The third-order valence-corrected chi connectivity index (χ3v) is 10.9. The van der Waals surface area contributed by atoms with Crippen LogP contribution in [0, 0.1) is 27.7 Å². The summed E-state index contributed by atoms with van der Waals surface area (Å²) in [5, 5.41) is 2.36. The summed E-state index contributed by atoms with van der Waals surface area (Å²) in [6, 6.07) is 39.5. The minimum atomic E-state index is -0.107. The van der Waals surface area contributed by atoms with Crippen LogP contribution in [-0.4, -0.2) is 16.2 Å². The van der Waals surface area contributed by atoms with Gasteiger partial charge in [-0.05, 0) is 127 Å². The van der Waals surface area contributed by atoms with Gasteiger partial charge in [-0.15, -0.1) is 0 Å². The number of nitrogens with zero attached hydrogens (tertiary/aromatic N) is 4. The number of ether oxygens (including phenoxy) is 1. The van der Waals surface area contributed by atoms with Crippen molar-refractivity contribution in [2.75, 3.05) is 16.5 Å². The number of rotatable bonds is 6. The number of benzene rings is 5. The minimum Gasteiger partial charge on any atom is -0.457 e. The Kier molecular flexibility index (Phi) is 8.87. The third-order valence-electron chi connectivity index (χ3n) is 10.9. The lowest BCUT2D eigenvalue weighted by molar-refractivity contribution is 0.479. The Morgan fingerprint density at radius 2 is 1.27 bits per heavy atom. The van der Waals surface area contributed by atoms with E-state index in [0.29, 0.717) is 6.67 Å². The van der Waals surface area contributed by atoms with Crippen LogP contribution in [-0.2, 0) is 10.8 Å². The summed E-state index contributed by atoms with van der Waals surface area (Å²) in [5.41, 5.74) is 14.3. The quantitative estimate of drug-likeness (QED) is 0.171. The minimum absolute atomic E-state index is 0.00118. The van der Waals surface area contributed by atoms with Gasteiger partial charge in [-0.1, -0.05) is 84.0 Å². The van der Waals surface area contributed by atoms with Crippen molar-refractivity contribution in [1.29, 1.82) is 0 Å². The number of hydrogen-bond donors (Lipinski definition) is 0. The molecule has 55 heavy (non-hydrogen) atoms. The van der Waals surface area contributed by atoms with Gasteiger partial charge in [0, 0.05) is 52.2 Å². The maximum atomic E-state index is 6.93. The highest BCUT2D eigenvalue weighted by Gasteiger charge is 2.29. The van der Waals surface area contributed by atoms with Crippen molar-refractivity contribution >= 4 is 38.9 Å².